The molecular weight excluding hydrogens is 404 g/mol. The van der Waals surface area contributed by atoms with Crippen molar-refractivity contribution in [3.63, 3.8) is 0 Å². The van der Waals surface area contributed by atoms with Crippen molar-refractivity contribution < 1.29 is 13.3 Å². The van der Waals surface area contributed by atoms with Crippen molar-refractivity contribution in [3.05, 3.63) is 63.7 Å². The number of nitrogens with two attached hydrogens (primary N) is 1. The Morgan fingerprint density at radius 2 is 1.87 bits per heavy atom. The average Bonchev–Trinajstić information content (AvgIpc) is 2.66. The minimum atomic E-state index is -4.02. The van der Waals surface area contributed by atoms with E-state index in [1.807, 2.05) is 6.07 Å². The van der Waals surface area contributed by atoms with Crippen LogP contribution in [0.1, 0.15) is 31.9 Å². The molecule has 0 aromatic heterocycles. The minimum Gasteiger partial charge on any atom is -0.375 e. The van der Waals surface area contributed by atoms with Gasteiger partial charge in [-0.25, -0.2) is 13.6 Å². The number of hydrogen-bond acceptors (Lipinski definition) is 6. The molecule has 3 rings (SSSR count). The van der Waals surface area contributed by atoms with Gasteiger partial charge >= 0.3 is 0 Å². The molecule has 0 saturated heterocycles. The molecule has 0 bridgehead atoms. The Balaban J connectivity index is 1.85. The number of fused-ring (bicyclic) bond motifs is 1. The molecule has 1 aliphatic heterocycles. The van der Waals surface area contributed by atoms with Crippen LogP contribution in [0.3, 0.4) is 0 Å². The maximum absolute atomic E-state index is 11.6. The van der Waals surface area contributed by atoms with Crippen LogP contribution in [-0.4, -0.2) is 37.4 Å². The van der Waals surface area contributed by atoms with Gasteiger partial charge in [-0.05, 0) is 35.1 Å². The second kappa shape index (κ2) is 8.33. The average molecular weight is 433 g/mol. The highest BCUT2D eigenvalue weighted by molar-refractivity contribution is 7.89. The van der Waals surface area contributed by atoms with Gasteiger partial charge in [0.05, 0.1) is 9.82 Å². The summed E-state index contributed by atoms with van der Waals surface area (Å²) in [6.45, 7) is 8.67. The van der Waals surface area contributed by atoms with E-state index < -0.39 is 14.9 Å². The standard InChI is InChI=1S/C21H28N4O4S/c1-21(2,3)20(14-24-11-10-15-6-4-5-7-16(15)13-24)23-18-9-8-17(30(22,28)29)12-19(18)25(26)27/h4-9,12,20,23H,10-11,13-14H2,1-3H3,(H2,22,28,29). The van der Waals surface area contributed by atoms with Crippen molar-refractivity contribution in [3.8, 4) is 0 Å². The number of nitrogens with one attached hydrogen (secondary N) is 1. The Bertz CT molecular complexity index is 1050. The van der Waals surface area contributed by atoms with Crippen LogP contribution in [0.15, 0.2) is 47.4 Å². The van der Waals surface area contributed by atoms with Crippen molar-refractivity contribution in [2.45, 2.75) is 44.7 Å². The fourth-order valence-electron chi connectivity index (χ4n) is 3.65. The lowest BCUT2D eigenvalue weighted by Crippen LogP contribution is -2.46. The summed E-state index contributed by atoms with van der Waals surface area (Å²) in [5, 5.41) is 20.0. The molecule has 30 heavy (non-hydrogen) atoms. The second-order valence-corrected chi connectivity index (χ2v) is 10.4. The van der Waals surface area contributed by atoms with Crippen LogP contribution >= 0.6 is 0 Å². The predicted molar refractivity (Wildman–Crippen MR) is 117 cm³/mol. The molecule has 0 fully saturated rings. The fourth-order valence-corrected chi connectivity index (χ4v) is 4.19. The monoisotopic (exact) mass is 432 g/mol. The lowest BCUT2D eigenvalue weighted by atomic mass is 9.85. The van der Waals surface area contributed by atoms with Crippen LogP contribution < -0.4 is 10.5 Å². The number of anilines is 1. The molecular formula is C21H28N4O4S. The van der Waals surface area contributed by atoms with Crippen LogP contribution in [0.4, 0.5) is 11.4 Å². The molecule has 3 N–H and O–H groups in total. The predicted octanol–water partition coefficient (Wildman–Crippen LogP) is 3.13. The molecule has 0 radical (unpaired) electrons. The molecule has 0 spiro atoms. The lowest BCUT2D eigenvalue weighted by molar-refractivity contribution is -0.384. The summed E-state index contributed by atoms with van der Waals surface area (Å²) in [6, 6.07) is 12.0. The Morgan fingerprint density at radius 1 is 1.20 bits per heavy atom. The van der Waals surface area contributed by atoms with Gasteiger partial charge in [0.2, 0.25) is 10.0 Å². The van der Waals surface area contributed by atoms with Gasteiger partial charge in [-0.2, -0.15) is 0 Å². The number of hydrogen-bond donors (Lipinski definition) is 2. The minimum absolute atomic E-state index is 0.0956. The molecule has 1 atom stereocenters. The Morgan fingerprint density at radius 3 is 2.47 bits per heavy atom. The molecule has 0 saturated carbocycles. The molecule has 0 aliphatic carbocycles. The maximum atomic E-state index is 11.6. The highest BCUT2D eigenvalue weighted by Gasteiger charge is 2.30. The number of nitrogens with zero attached hydrogens (tertiary/aromatic N) is 2. The van der Waals surface area contributed by atoms with Crippen LogP contribution in [0.5, 0.6) is 0 Å². The van der Waals surface area contributed by atoms with E-state index in [0.29, 0.717) is 6.54 Å². The number of benzene rings is 2. The molecule has 2 aromatic rings. The molecule has 162 valence electrons. The maximum Gasteiger partial charge on any atom is 0.293 e. The van der Waals surface area contributed by atoms with Gasteiger partial charge in [0, 0.05) is 31.7 Å². The zero-order valence-corrected chi connectivity index (χ0v) is 18.3. The van der Waals surface area contributed by atoms with Gasteiger partial charge < -0.3 is 5.32 Å². The van der Waals surface area contributed by atoms with Gasteiger partial charge in [0.15, 0.2) is 0 Å². The van der Waals surface area contributed by atoms with Gasteiger partial charge in [-0.15, -0.1) is 0 Å². The lowest BCUT2D eigenvalue weighted by Gasteiger charge is -2.38. The first-order valence-corrected chi connectivity index (χ1v) is 11.4. The zero-order chi connectivity index (χ0) is 22.1. The van der Waals surface area contributed by atoms with Gasteiger partial charge in [0.1, 0.15) is 5.69 Å². The number of nitro groups is 1. The van der Waals surface area contributed by atoms with E-state index in [1.54, 1.807) is 0 Å². The van der Waals surface area contributed by atoms with Crippen molar-refractivity contribution >= 4 is 21.4 Å². The quantitative estimate of drug-likeness (QED) is 0.535. The van der Waals surface area contributed by atoms with Crippen molar-refractivity contribution in [1.29, 1.82) is 0 Å². The fraction of sp³-hybridized carbons (Fsp3) is 0.429. The summed E-state index contributed by atoms with van der Waals surface area (Å²) in [6.07, 6.45) is 0.968. The topological polar surface area (TPSA) is 119 Å². The van der Waals surface area contributed by atoms with E-state index in [9.17, 15) is 18.5 Å². The van der Waals surface area contributed by atoms with Crippen LogP contribution in [0.25, 0.3) is 0 Å². The first-order chi connectivity index (χ1) is 13.9. The third-order valence-corrected chi connectivity index (χ3v) is 6.43. The summed E-state index contributed by atoms with van der Waals surface area (Å²) in [5.41, 5.74) is 2.45. The third kappa shape index (κ3) is 5.16. The molecule has 0 amide bonds. The molecule has 8 nitrogen and oxygen atoms in total. The van der Waals surface area contributed by atoms with E-state index in [4.69, 9.17) is 5.14 Å². The van der Waals surface area contributed by atoms with Gasteiger partial charge in [0.25, 0.3) is 5.69 Å². The van der Waals surface area contributed by atoms with Crippen molar-refractivity contribution in [1.82, 2.24) is 4.90 Å². The summed E-state index contributed by atoms with van der Waals surface area (Å²) in [5.74, 6) is 0. The van der Waals surface area contributed by atoms with E-state index in [0.717, 1.165) is 25.6 Å². The van der Waals surface area contributed by atoms with Crippen LogP contribution in [-0.2, 0) is 23.0 Å². The Kier molecular flexibility index (Phi) is 6.16. The Hall–Kier alpha value is -2.49. The summed E-state index contributed by atoms with van der Waals surface area (Å²) < 4.78 is 23.2. The van der Waals surface area contributed by atoms with Crippen LogP contribution in [0.2, 0.25) is 0 Å². The molecule has 1 unspecified atom stereocenters. The molecule has 1 heterocycles. The largest absolute Gasteiger partial charge is 0.375 e. The van der Waals surface area contributed by atoms with E-state index in [-0.39, 0.29) is 27.7 Å². The zero-order valence-electron chi connectivity index (χ0n) is 17.5. The van der Waals surface area contributed by atoms with Crippen LogP contribution in [0, 0.1) is 15.5 Å². The van der Waals surface area contributed by atoms with E-state index in [2.05, 4.69) is 49.2 Å². The third-order valence-electron chi connectivity index (χ3n) is 5.52. The number of rotatable bonds is 6. The summed E-state index contributed by atoms with van der Waals surface area (Å²) in [7, 11) is -4.02. The molecule has 2 aromatic carbocycles. The summed E-state index contributed by atoms with van der Waals surface area (Å²) in [4.78, 5) is 13.1. The van der Waals surface area contributed by atoms with Gasteiger partial charge in [-0.3, -0.25) is 15.0 Å². The van der Waals surface area contributed by atoms with E-state index in [1.165, 1.54) is 23.3 Å². The molecule has 1 aliphatic rings. The first kappa shape index (κ1) is 22.2. The summed E-state index contributed by atoms with van der Waals surface area (Å²) >= 11 is 0. The SMILES string of the molecule is CC(C)(C)C(CN1CCc2ccccc2C1)Nc1ccc(S(N)(=O)=O)cc1[N+](=O)[O-]. The van der Waals surface area contributed by atoms with Gasteiger partial charge in [-0.1, -0.05) is 45.0 Å². The highest BCUT2D eigenvalue weighted by atomic mass is 32.2. The normalized spacial score (nSPS) is 16.0. The second-order valence-electron chi connectivity index (χ2n) is 8.80. The van der Waals surface area contributed by atoms with Crippen molar-refractivity contribution in [2.75, 3.05) is 18.4 Å². The van der Waals surface area contributed by atoms with Crippen molar-refractivity contribution in [2.24, 2.45) is 10.6 Å². The number of sulfonamides is 1. The number of primary sulfonamides is 1. The highest BCUT2D eigenvalue weighted by Crippen LogP contribution is 2.32. The van der Waals surface area contributed by atoms with E-state index >= 15 is 0 Å². The smallest absolute Gasteiger partial charge is 0.293 e. The Labute approximate surface area is 177 Å². The molecule has 9 heteroatoms. The number of nitro benzene ring substituents is 1. The first-order valence-electron chi connectivity index (χ1n) is 9.82.